The minimum absolute atomic E-state index is 0.138. The number of hydrogen-bond donors (Lipinski definition) is 1. The highest BCUT2D eigenvalue weighted by Crippen LogP contribution is 2.38. The molecule has 94 valence electrons. The van der Waals surface area contributed by atoms with Crippen molar-refractivity contribution in [2.75, 3.05) is 13.2 Å². The maximum absolute atomic E-state index is 14.1. The van der Waals surface area contributed by atoms with Gasteiger partial charge in [-0.15, -0.1) is 0 Å². The van der Waals surface area contributed by atoms with E-state index >= 15 is 0 Å². The van der Waals surface area contributed by atoms with Crippen LogP contribution in [0.2, 0.25) is 0 Å². The maximum atomic E-state index is 14.1. The Morgan fingerprint density at radius 1 is 1.29 bits per heavy atom. The fraction of sp³-hybridized carbons (Fsp3) is 0.500. The van der Waals surface area contributed by atoms with Gasteiger partial charge in [0.2, 0.25) is 0 Å². The van der Waals surface area contributed by atoms with Gasteiger partial charge >= 0.3 is 0 Å². The summed E-state index contributed by atoms with van der Waals surface area (Å²) in [4.78, 5) is 4.59. The third-order valence-corrected chi connectivity index (χ3v) is 2.65. The molecule has 1 aromatic carbocycles. The normalized spacial score (nSPS) is 14.8. The van der Waals surface area contributed by atoms with Gasteiger partial charge < -0.3 is 9.47 Å². The standard InChI is InChI=1S/C12H16FNO3/c1-12(2,13)9-6-11-10(15-3-4-16-11)5-8(9)7-17-14/h5-6H,3-4,7,14H2,1-2H3. The maximum Gasteiger partial charge on any atom is 0.161 e. The SMILES string of the molecule is CC(C)(F)c1cc2c(cc1CON)OCCO2. The predicted octanol–water partition coefficient (Wildman–Crippen LogP) is 2.05. The molecule has 5 heteroatoms. The molecule has 0 aliphatic carbocycles. The van der Waals surface area contributed by atoms with Gasteiger partial charge in [0.15, 0.2) is 11.5 Å². The Morgan fingerprint density at radius 2 is 1.88 bits per heavy atom. The Bertz CT molecular complexity index is 415. The van der Waals surface area contributed by atoms with Crippen molar-refractivity contribution in [3.63, 3.8) is 0 Å². The molecule has 0 spiro atoms. The van der Waals surface area contributed by atoms with Crippen LogP contribution in [0, 0.1) is 0 Å². The summed E-state index contributed by atoms with van der Waals surface area (Å²) in [7, 11) is 0. The topological polar surface area (TPSA) is 53.7 Å². The number of halogens is 1. The van der Waals surface area contributed by atoms with Gasteiger partial charge in [-0.25, -0.2) is 10.3 Å². The number of fused-ring (bicyclic) bond motifs is 1. The van der Waals surface area contributed by atoms with Crippen molar-refractivity contribution < 1.29 is 18.7 Å². The Kier molecular flexibility index (Phi) is 3.22. The van der Waals surface area contributed by atoms with E-state index in [9.17, 15) is 4.39 Å². The van der Waals surface area contributed by atoms with Crippen LogP contribution < -0.4 is 15.4 Å². The van der Waals surface area contributed by atoms with Gasteiger partial charge in [0.1, 0.15) is 18.9 Å². The molecule has 0 bridgehead atoms. The summed E-state index contributed by atoms with van der Waals surface area (Å²) in [6.07, 6.45) is 0. The first kappa shape index (κ1) is 12.1. The van der Waals surface area contributed by atoms with E-state index in [1.54, 1.807) is 12.1 Å². The second-order valence-corrected chi connectivity index (χ2v) is 4.44. The molecule has 0 aromatic heterocycles. The molecule has 0 radical (unpaired) electrons. The van der Waals surface area contributed by atoms with E-state index in [0.29, 0.717) is 35.8 Å². The molecule has 17 heavy (non-hydrogen) atoms. The molecule has 1 heterocycles. The van der Waals surface area contributed by atoms with Crippen LogP contribution in [0.4, 0.5) is 4.39 Å². The van der Waals surface area contributed by atoms with Crippen LogP contribution in [0.25, 0.3) is 0 Å². The summed E-state index contributed by atoms with van der Waals surface area (Å²) in [6.45, 7) is 4.08. The van der Waals surface area contributed by atoms with E-state index in [-0.39, 0.29) is 6.61 Å². The van der Waals surface area contributed by atoms with Gasteiger partial charge in [0, 0.05) is 0 Å². The van der Waals surface area contributed by atoms with Crippen molar-refractivity contribution in [2.24, 2.45) is 5.90 Å². The van der Waals surface area contributed by atoms with Crippen molar-refractivity contribution in [2.45, 2.75) is 26.1 Å². The minimum atomic E-state index is -1.48. The molecule has 2 N–H and O–H groups in total. The average molecular weight is 241 g/mol. The van der Waals surface area contributed by atoms with Crippen LogP contribution in [0.1, 0.15) is 25.0 Å². The van der Waals surface area contributed by atoms with E-state index in [4.69, 9.17) is 15.4 Å². The minimum Gasteiger partial charge on any atom is -0.486 e. The molecule has 0 saturated carbocycles. The Balaban J connectivity index is 2.48. The van der Waals surface area contributed by atoms with E-state index in [0.717, 1.165) is 0 Å². The van der Waals surface area contributed by atoms with Gasteiger partial charge in [-0.2, -0.15) is 0 Å². The largest absolute Gasteiger partial charge is 0.486 e. The molecule has 1 aliphatic rings. The lowest BCUT2D eigenvalue weighted by Crippen LogP contribution is -2.19. The van der Waals surface area contributed by atoms with Crippen LogP contribution in [0.3, 0.4) is 0 Å². The lowest BCUT2D eigenvalue weighted by atomic mass is 9.94. The molecule has 1 aliphatic heterocycles. The van der Waals surface area contributed by atoms with Crippen LogP contribution in [0.15, 0.2) is 12.1 Å². The predicted molar refractivity (Wildman–Crippen MR) is 60.5 cm³/mol. The van der Waals surface area contributed by atoms with E-state index in [2.05, 4.69) is 4.84 Å². The number of ether oxygens (including phenoxy) is 2. The van der Waals surface area contributed by atoms with Crippen molar-refractivity contribution in [1.29, 1.82) is 0 Å². The highest BCUT2D eigenvalue weighted by molar-refractivity contribution is 5.49. The number of benzene rings is 1. The summed E-state index contributed by atoms with van der Waals surface area (Å²) in [5.74, 6) is 6.23. The van der Waals surface area contributed by atoms with Crippen LogP contribution >= 0.6 is 0 Å². The first-order valence-corrected chi connectivity index (χ1v) is 5.46. The van der Waals surface area contributed by atoms with Gasteiger partial charge in [0.25, 0.3) is 0 Å². The van der Waals surface area contributed by atoms with Crippen molar-refractivity contribution >= 4 is 0 Å². The number of alkyl halides is 1. The molecule has 0 saturated heterocycles. The van der Waals surface area contributed by atoms with E-state index in [1.165, 1.54) is 13.8 Å². The third kappa shape index (κ3) is 2.50. The summed E-state index contributed by atoms with van der Waals surface area (Å²) in [5.41, 5.74) is -0.305. The van der Waals surface area contributed by atoms with Crippen molar-refractivity contribution in [3.05, 3.63) is 23.3 Å². The summed E-state index contributed by atoms with van der Waals surface area (Å²) in [6, 6.07) is 3.38. The molecule has 0 fully saturated rings. The molecular weight excluding hydrogens is 225 g/mol. The van der Waals surface area contributed by atoms with Gasteiger partial charge in [-0.1, -0.05) is 0 Å². The Labute approximate surface area is 99.4 Å². The lowest BCUT2D eigenvalue weighted by molar-refractivity contribution is 0.118. The van der Waals surface area contributed by atoms with Gasteiger partial charge in [-0.3, -0.25) is 4.84 Å². The fourth-order valence-corrected chi connectivity index (χ4v) is 1.89. The lowest BCUT2D eigenvalue weighted by Gasteiger charge is -2.24. The smallest absolute Gasteiger partial charge is 0.161 e. The van der Waals surface area contributed by atoms with Crippen molar-refractivity contribution in [3.8, 4) is 11.5 Å². The monoisotopic (exact) mass is 241 g/mol. The van der Waals surface area contributed by atoms with Crippen molar-refractivity contribution in [1.82, 2.24) is 0 Å². The summed E-state index contributed by atoms with van der Waals surface area (Å²) < 4.78 is 24.9. The van der Waals surface area contributed by atoms with Gasteiger partial charge in [0.05, 0.1) is 6.61 Å². The number of hydrogen-bond acceptors (Lipinski definition) is 4. The second kappa shape index (κ2) is 4.50. The highest BCUT2D eigenvalue weighted by Gasteiger charge is 2.26. The number of rotatable bonds is 3. The van der Waals surface area contributed by atoms with E-state index < -0.39 is 5.67 Å². The quantitative estimate of drug-likeness (QED) is 0.823. The van der Waals surface area contributed by atoms with E-state index in [1.807, 2.05) is 0 Å². The van der Waals surface area contributed by atoms with Crippen LogP contribution in [-0.2, 0) is 17.1 Å². The molecule has 1 aromatic rings. The van der Waals surface area contributed by atoms with Crippen LogP contribution in [-0.4, -0.2) is 13.2 Å². The summed E-state index contributed by atoms with van der Waals surface area (Å²) in [5, 5.41) is 0. The first-order chi connectivity index (χ1) is 8.02. The second-order valence-electron chi connectivity index (χ2n) is 4.44. The zero-order chi connectivity index (χ0) is 12.5. The Morgan fingerprint density at radius 3 is 2.41 bits per heavy atom. The molecular formula is C12H16FNO3. The Hall–Kier alpha value is -1.33. The zero-order valence-corrected chi connectivity index (χ0v) is 9.96. The highest BCUT2D eigenvalue weighted by atomic mass is 19.1. The zero-order valence-electron chi connectivity index (χ0n) is 9.96. The molecule has 0 unspecified atom stereocenters. The fourth-order valence-electron chi connectivity index (χ4n) is 1.89. The third-order valence-electron chi connectivity index (χ3n) is 2.65. The molecule has 0 amide bonds. The average Bonchev–Trinajstić information content (AvgIpc) is 2.27. The molecule has 0 atom stereocenters. The molecule has 4 nitrogen and oxygen atoms in total. The van der Waals surface area contributed by atoms with Gasteiger partial charge in [-0.05, 0) is 37.1 Å². The molecule has 2 rings (SSSR count). The van der Waals surface area contributed by atoms with Crippen LogP contribution in [0.5, 0.6) is 11.5 Å². The first-order valence-electron chi connectivity index (χ1n) is 5.46. The number of nitrogens with two attached hydrogens (primary N) is 1. The summed E-state index contributed by atoms with van der Waals surface area (Å²) >= 11 is 0.